The highest BCUT2D eigenvalue weighted by molar-refractivity contribution is 5.29. The van der Waals surface area contributed by atoms with Crippen LogP contribution >= 0.6 is 0 Å². The molecule has 1 saturated carbocycles. The lowest BCUT2D eigenvalue weighted by atomic mass is 9.95. The summed E-state index contributed by atoms with van der Waals surface area (Å²) >= 11 is 0. The van der Waals surface area contributed by atoms with Gasteiger partial charge in [0.25, 0.3) is 0 Å². The summed E-state index contributed by atoms with van der Waals surface area (Å²) in [4.78, 5) is 0. The highest BCUT2D eigenvalue weighted by Crippen LogP contribution is 2.26. The van der Waals surface area contributed by atoms with Gasteiger partial charge in [-0.15, -0.1) is 0 Å². The largest absolute Gasteiger partial charge is 0.485 e. The molecule has 1 fully saturated rings. The Hall–Kier alpha value is -1.13. The Kier molecular flexibility index (Phi) is 5.16. The van der Waals surface area contributed by atoms with Crippen molar-refractivity contribution in [3.8, 4) is 5.75 Å². The summed E-state index contributed by atoms with van der Waals surface area (Å²) in [5, 5.41) is 13.0. The third-order valence-electron chi connectivity index (χ3n) is 3.52. The average Bonchev–Trinajstić information content (AvgIpc) is 2.41. The standard InChI is InChI=1S/C15H22FNO2/c1-2-17-10-11-7-8-14(12(16)9-11)19-15-6-4-3-5-13(15)18/h7-9,13,15,17-18H,2-6,10H2,1H3. The van der Waals surface area contributed by atoms with Gasteiger partial charge in [-0.2, -0.15) is 0 Å². The normalized spacial score (nSPS) is 23.3. The van der Waals surface area contributed by atoms with E-state index in [0.717, 1.165) is 37.8 Å². The fourth-order valence-electron chi connectivity index (χ4n) is 2.40. The average molecular weight is 267 g/mol. The lowest BCUT2D eigenvalue weighted by Gasteiger charge is -2.28. The van der Waals surface area contributed by atoms with E-state index in [-0.39, 0.29) is 17.7 Å². The number of rotatable bonds is 5. The number of aliphatic hydroxyl groups is 1. The summed E-state index contributed by atoms with van der Waals surface area (Å²) in [6.45, 7) is 3.52. The molecule has 0 bridgehead atoms. The fraction of sp³-hybridized carbons (Fsp3) is 0.600. The SMILES string of the molecule is CCNCc1ccc(OC2CCCCC2O)c(F)c1. The molecule has 0 aliphatic heterocycles. The Balaban J connectivity index is 2.00. The molecule has 2 N–H and O–H groups in total. The van der Waals surface area contributed by atoms with E-state index in [0.29, 0.717) is 6.54 Å². The second-order valence-corrected chi connectivity index (χ2v) is 5.05. The van der Waals surface area contributed by atoms with Crippen LogP contribution < -0.4 is 10.1 Å². The van der Waals surface area contributed by atoms with E-state index in [1.54, 1.807) is 6.07 Å². The second kappa shape index (κ2) is 6.87. The highest BCUT2D eigenvalue weighted by Gasteiger charge is 2.25. The second-order valence-electron chi connectivity index (χ2n) is 5.05. The Bertz CT molecular complexity index is 411. The first-order chi connectivity index (χ1) is 9.20. The zero-order valence-electron chi connectivity index (χ0n) is 11.4. The maximum Gasteiger partial charge on any atom is 0.165 e. The van der Waals surface area contributed by atoms with Gasteiger partial charge in [0.05, 0.1) is 6.10 Å². The maximum atomic E-state index is 13.9. The van der Waals surface area contributed by atoms with Crippen molar-refractivity contribution in [1.82, 2.24) is 5.32 Å². The number of hydrogen-bond donors (Lipinski definition) is 2. The topological polar surface area (TPSA) is 41.5 Å². The predicted octanol–water partition coefficient (Wildman–Crippen LogP) is 2.62. The zero-order valence-corrected chi connectivity index (χ0v) is 11.4. The van der Waals surface area contributed by atoms with Crippen molar-refractivity contribution in [2.75, 3.05) is 6.54 Å². The van der Waals surface area contributed by atoms with Gasteiger partial charge < -0.3 is 15.2 Å². The minimum absolute atomic E-state index is 0.242. The van der Waals surface area contributed by atoms with Crippen molar-refractivity contribution in [3.05, 3.63) is 29.6 Å². The van der Waals surface area contributed by atoms with Crippen molar-refractivity contribution in [2.45, 2.75) is 51.4 Å². The summed E-state index contributed by atoms with van der Waals surface area (Å²) < 4.78 is 19.5. The van der Waals surface area contributed by atoms with E-state index in [4.69, 9.17) is 4.74 Å². The van der Waals surface area contributed by atoms with Crippen LogP contribution in [0.4, 0.5) is 4.39 Å². The minimum atomic E-state index is -0.477. The molecule has 19 heavy (non-hydrogen) atoms. The van der Waals surface area contributed by atoms with Crippen LogP contribution in [-0.4, -0.2) is 23.9 Å². The number of halogens is 1. The number of nitrogens with one attached hydrogen (secondary N) is 1. The molecule has 0 heterocycles. The Labute approximate surface area is 113 Å². The van der Waals surface area contributed by atoms with Gasteiger partial charge in [-0.05, 0) is 43.5 Å². The molecule has 1 aromatic carbocycles. The van der Waals surface area contributed by atoms with Gasteiger partial charge in [-0.3, -0.25) is 0 Å². The molecule has 0 saturated heterocycles. The molecule has 0 amide bonds. The van der Waals surface area contributed by atoms with E-state index in [9.17, 15) is 9.50 Å². The summed E-state index contributed by atoms with van der Waals surface area (Å²) in [5.74, 6) is -0.112. The molecule has 2 unspecified atom stereocenters. The first-order valence-electron chi connectivity index (χ1n) is 7.04. The molecule has 3 nitrogen and oxygen atoms in total. The van der Waals surface area contributed by atoms with Gasteiger partial charge in [0.15, 0.2) is 11.6 Å². The lowest BCUT2D eigenvalue weighted by molar-refractivity contribution is 0.00498. The van der Waals surface area contributed by atoms with Gasteiger partial charge in [0.1, 0.15) is 6.10 Å². The molecule has 0 spiro atoms. The molecule has 1 aliphatic rings. The van der Waals surface area contributed by atoms with Crippen molar-refractivity contribution in [2.24, 2.45) is 0 Å². The van der Waals surface area contributed by atoms with Crippen molar-refractivity contribution in [1.29, 1.82) is 0 Å². The van der Waals surface area contributed by atoms with Crippen molar-refractivity contribution in [3.63, 3.8) is 0 Å². The van der Waals surface area contributed by atoms with Crippen LogP contribution in [0.15, 0.2) is 18.2 Å². The first-order valence-corrected chi connectivity index (χ1v) is 7.04. The van der Waals surface area contributed by atoms with Crippen LogP contribution in [0.5, 0.6) is 5.75 Å². The minimum Gasteiger partial charge on any atom is -0.485 e. The summed E-state index contributed by atoms with van der Waals surface area (Å²) in [7, 11) is 0. The molecule has 2 rings (SSSR count). The highest BCUT2D eigenvalue weighted by atomic mass is 19.1. The summed E-state index contributed by atoms with van der Waals surface area (Å²) in [5.41, 5.74) is 0.899. The molecule has 0 aromatic heterocycles. The number of benzene rings is 1. The van der Waals surface area contributed by atoms with Gasteiger partial charge in [0, 0.05) is 6.54 Å². The molecule has 2 atom stereocenters. The molecule has 1 aromatic rings. The van der Waals surface area contributed by atoms with E-state index in [1.807, 2.05) is 13.0 Å². The van der Waals surface area contributed by atoms with E-state index < -0.39 is 6.10 Å². The molecule has 106 valence electrons. The first kappa shape index (κ1) is 14.3. The van der Waals surface area contributed by atoms with Crippen LogP contribution in [0.2, 0.25) is 0 Å². The number of ether oxygens (including phenoxy) is 1. The van der Waals surface area contributed by atoms with Gasteiger partial charge in [-0.1, -0.05) is 19.4 Å². The molecule has 0 radical (unpaired) electrons. The summed E-state index contributed by atoms with van der Waals surface area (Å²) in [6, 6.07) is 5.01. The lowest BCUT2D eigenvalue weighted by Crippen LogP contribution is -2.34. The van der Waals surface area contributed by atoms with Crippen LogP contribution in [0, 0.1) is 5.82 Å². The third-order valence-corrected chi connectivity index (χ3v) is 3.52. The van der Waals surface area contributed by atoms with Gasteiger partial charge in [0.2, 0.25) is 0 Å². The van der Waals surface area contributed by atoms with E-state index >= 15 is 0 Å². The van der Waals surface area contributed by atoms with Crippen LogP contribution in [0.1, 0.15) is 38.2 Å². The molecular weight excluding hydrogens is 245 g/mol. The third kappa shape index (κ3) is 3.91. The summed E-state index contributed by atoms with van der Waals surface area (Å²) in [6.07, 6.45) is 2.83. The number of aliphatic hydroxyl groups excluding tert-OH is 1. The van der Waals surface area contributed by atoms with E-state index in [2.05, 4.69) is 5.32 Å². The molecule has 1 aliphatic carbocycles. The van der Waals surface area contributed by atoms with Gasteiger partial charge in [-0.25, -0.2) is 4.39 Å². The number of hydrogen-bond acceptors (Lipinski definition) is 3. The quantitative estimate of drug-likeness (QED) is 0.861. The van der Waals surface area contributed by atoms with Crippen LogP contribution in [0.3, 0.4) is 0 Å². The fourth-order valence-corrected chi connectivity index (χ4v) is 2.40. The smallest absolute Gasteiger partial charge is 0.165 e. The molecule has 4 heteroatoms. The Morgan fingerprint density at radius 2 is 2.16 bits per heavy atom. The van der Waals surface area contributed by atoms with Crippen molar-refractivity contribution >= 4 is 0 Å². The maximum absolute atomic E-state index is 13.9. The predicted molar refractivity (Wildman–Crippen MR) is 72.7 cm³/mol. The Morgan fingerprint density at radius 3 is 2.84 bits per heavy atom. The zero-order chi connectivity index (χ0) is 13.7. The van der Waals surface area contributed by atoms with E-state index in [1.165, 1.54) is 6.07 Å². The monoisotopic (exact) mass is 267 g/mol. The van der Waals surface area contributed by atoms with Gasteiger partial charge >= 0.3 is 0 Å². The Morgan fingerprint density at radius 1 is 1.37 bits per heavy atom. The van der Waals surface area contributed by atoms with Crippen molar-refractivity contribution < 1.29 is 14.2 Å². The molecular formula is C15H22FNO2. The van der Waals surface area contributed by atoms with Crippen LogP contribution in [0.25, 0.3) is 0 Å². The van der Waals surface area contributed by atoms with Crippen LogP contribution in [-0.2, 0) is 6.54 Å².